The molecule has 0 aromatic heterocycles. The van der Waals surface area contributed by atoms with Gasteiger partial charge in [-0.3, -0.25) is 0 Å². The largest absolute Gasteiger partial charge is 0.673 e. The summed E-state index contributed by atoms with van der Waals surface area (Å²) in [5.74, 6) is 0.958. The van der Waals surface area contributed by atoms with Crippen molar-refractivity contribution in [1.82, 2.24) is 0 Å². The number of hydrogen-bond acceptors (Lipinski definition) is 0. The molecule has 0 saturated carbocycles. The van der Waals surface area contributed by atoms with Crippen LogP contribution in [-0.2, 0) is 0 Å². The fourth-order valence-electron chi connectivity index (χ4n) is 3.65. The highest BCUT2D eigenvalue weighted by atomic mass is 31.0. The maximum Gasteiger partial charge on any atom is 0.673 e. The molecule has 0 radical (unpaired) electrons. The first kappa shape index (κ1) is 28.4. The zero-order chi connectivity index (χ0) is 20.5. The van der Waals surface area contributed by atoms with E-state index in [0.29, 0.717) is 5.16 Å². The van der Waals surface area contributed by atoms with E-state index in [1.165, 1.54) is 89.9 Å². The third-order valence-corrected chi connectivity index (χ3v) is 7.25. The van der Waals surface area contributed by atoms with Gasteiger partial charge in [-0.1, -0.05) is 91.9 Å². The van der Waals surface area contributed by atoms with E-state index < -0.39 is 7.25 Å². The standard InChI is InChI=1S/C20H43P.BF4/c1-5-9-10-11-12-13-14-15-16-17-18-19(6-2)20(21,7-3)8-4;2-1(3,4)5/h19H,5-18,21H2,1-4H3;/q;-1/p+1. The van der Waals surface area contributed by atoms with Crippen LogP contribution in [0.2, 0.25) is 0 Å². The number of hydrogen-bond donors (Lipinski definition) is 0. The molecule has 2 unspecified atom stereocenters. The lowest BCUT2D eigenvalue weighted by atomic mass is 9.81. The van der Waals surface area contributed by atoms with Gasteiger partial charge in [0.05, 0.1) is 5.16 Å². The molecule has 26 heavy (non-hydrogen) atoms. The van der Waals surface area contributed by atoms with Gasteiger partial charge < -0.3 is 17.3 Å². The van der Waals surface area contributed by atoms with Gasteiger partial charge in [0.25, 0.3) is 0 Å². The Hall–Kier alpha value is 0.215. The van der Waals surface area contributed by atoms with Crippen molar-refractivity contribution in [3.05, 3.63) is 0 Å². The minimum absolute atomic E-state index is 0.619. The van der Waals surface area contributed by atoms with Crippen LogP contribution in [0.15, 0.2) is 0 Å². The SMILES string of the molecule is CCCCCCCCCCCCC(CC)C([PH3+])(CC)CC.F[B-](F)(F)F. The van der Waals surface area contributed by atoms with Crippen molar-refractivity contribution in [1.29, 1.82) is 0 Å². The van der Waals surface area contributed by atoms with Gasteiger partial charge in [-0.05, 0) is 40.8 Å². The van der Waals surface area contributed by atoms with Crippen molar-refractivity contribution >= 4 is 16.5 Å². The number of unbranched alkanes of at least 4 members (excludes halogenated alkanes) is 9. The molecule has 0 nitrogen and oxygen atoms in total. The number of halogens is 4. The predicted octanol–water partition coefficient (Wildman–Crippen LogP) is 8.79. The van der Waals surface area contributed by atoms with Crippen molar-refractivity contribution < 1.29 is 17.3 Å². The van der Waals surface area contributed by atoms with Crippen LogP contribution in [0.3, 0.4) is 0 Å². The van der Waals surface area contributed by atoms with Gasteiger partial charge in [0.15, 0.2) is 0 Å². The first-order valence-corrected chi connectivity index (χ1v) is 11.6. The Bertz CT molecular complexity index is 288. The fourth-order valence-corrected chi connectivity index (χ4v) is 4.14. The van der Waals surface area contributed by atoms with Gasteiger partial charge in [-0.25, -0.2) is 0 Å². The molecular formula is C20H44BF4P. The average Bonchev–Trinajstić information content (AvgIpc) is 2.57. The van der Waals surface area contributed by atoms with Crippen LogP contribution < -0.4 is 0 Å². The molecular weight excluding hydrogens is 358 g/mol. The van der Waals surface area contributed by atoms with E-state index in [9.17, 15) is 17.3 Å². The highest BCUT2D eigenvalue weighted by Gasteiger charge is 2.33. The Kier molecular flexibility index (Phi) is 18.9. The maximum atomic E-state index is 9.75. The molecule has 2 atom stereocenters. The van der Waals surface area contributed by atoms with Crippen molar-refractivity contribution in [3.8, 4) is 0 Å². The van der Waals surface area contributed by atoms with E-state index in [1.54, 1.807) is 0 Å². The fraction of sp³-hybridized carbons (Fsp3) is 1.00. The summed E-state index contributed by atoms with van der Waals surface area (Å²) in [4.78, 5) is 0. The van der Waals surface area contributed by atoms with Gasteiger partial charge in [0.2, 0.25) is 0 Å². The van der Waals surface area contributed by atoms with Crippen molar-refractivity contribution in [2.24, 2.45) is 5.92 Å². The first-order valence-electron chi connectivity index (χ1n) is 10.9. The van der Waals surface area contributed by atoms with Crippen LogP contribution in [-0.4, -0.2) is 12.4 Å². The van der Waals surface area contributed by atoms with Crippen LogP contribution in [0.4, 0.5) is 17.3 Å². The maximum absolute atomic E-state index is 9.75. The second kappa shape index (κ2) is 17.3. The highest BCUT2D eigenvalue weighted by molar-refractivity contribution is 7.19. The Balaban J connectivity index is 0. The predicted molar refractivity (Wildman–Crippen MR) is 115 cm³/mol. The molecule has 0 heterocycles. The lowest BCUT2D eigenvalue weighted by Gasteiger charge is -2.31. The van der Waals surface area contributed by atoms with Gasteiger partial charge >= 0.3 is 7.25 Å². The second-order valence-electron chi connectivity index (χ2n) is 7.64. The molecule has 6 heteroatoms. The molecule has 0 aromatic carbocycles. The highest BCUT2D eigenvalue weighted by Crippen LogP contribution is 2.39. The molecule has 0 spiro atoms. The normalized spacial score (nSPS) is 13.4. The summed E-state index contributed by atoms with van der Waals surface area (Å²) in [5, 5.41) is 0.619. The zero-order valence-electron chi connectivity index (χ0n) is 17.8. The zero-order valence-corrected chi connectivity index (χ0v) is 19.2. The molecule has 0 aliphatic heterocycles. The monoisotopic (exact) mass is 402 g/mol. The van der Waals surface area contributed by atoms with Crippen LogP contribution in [0, 0.1) is 5.92 Å². The molecule has 0 saturated heterocycles. The van der Waals surface area contributed by atoms with Crippen molar-refractivity contribution in [2.75, 3.05) is 0 Å². The van der Waals surface area contributed by atoms with E-state index >= 15 is 0 Å². The minimum atomic E-state index is -6.00. The minimum Gasteiger partial charge on any atom is -0.418 e. The number of rotatable bonds is 15. The van der Waals surface area contributed by atoms with E-state index in [-0.39, 0.29) is 0 Å². The topological polar surface area (TPSA) is 0 Å². The lowest BCUT2D eigenvalue weighted by molar-refractivity contribution is 0.313. The quantitative estimate of drug-likeness (QED) is 0.111. The van der Waals surface area contributed by atoms with Crippen molar-refractivity contribution in [3.63, 3.8) is 0 Å². The second-order valence-corrected chi connectivity index (χ2v) is 9.05. The van der Waals surface area contributed by atoms with E-state index in [4.69, 9.17) is 0 Å². The third-order valence-electron chi connectivity index (χ3n) is 5.67. The summed E-state index contributed by atoms with van der Waals surface area (Å²) < 4.78 is 39.0. The molecule has 0 aromatic rings. The summed E-state index contributed by atoms with van der Waals surface area (Å²) in [6.45, 7) is 9.47. The van der Waals surface area contributed by atoms with Crippen LogP contribution in [0.1, 0.15) is 118 Å². The molecule has 0 amide bonds. The van der Waals surface area contributed by atoms with Gasteiger partial charge in [0, 0.05) is 0 Å². The molecule has 0 N–H and O–H groups in total. The van der Waals surface area contributed by atoms with Crippen molar-refractivity contribution in [2.45, 2.75) is 123 Å². The van der Waals surface area contributed by atoms with Gasteiger partial charge in [0.1, 0.15) is 0 Å². The molecule has 0 aliphatic carbocycles. The van der Waals surface area contributed by atoms with Crippen LogP contribution in [0.5, 0.6) is 0 Å². The summed E-state index contributed by atoms with van der Waals surface area (Å²) in [7, 11) is -3.71. The summed E-state index contributed by atoms with van der Waals surface area (Å²) >= 11 is 0. The van der Waals surface area contributed by atoms with E-state index in [0.717, 1.165) is 5.92 Å². The summed E-state index contributed by atoms with van der Waals surface area (Å²) in [6, 6.07) is 0. The summed E-state index contributed by atoms with van der Waals surface area (Å²) in [6.07, 6.45) is 20.1. The van der Waals surface area contributed by atoms with Crippen LogP contribution >= 0.6 is 9.24 Å². The smallest absolute Gasteiger partial charge is 0.418 e. The lowest BCUT2D eigenvalue weighted by Crippen LogP contribution is -2.29. The van der Waals surface area contributed by atoms with Gasteiger partial charge in [-0.15, -0.1) is 0 Å². The van der Waals surface area contributed by atoms with E-state index in [1.807, 2.05) is 0 Å². The first-order chi connectivity index (χ1) is 12.1. The summed E-state index contributed by atoms with van der Waals surface area (Å²) in [5.41, 5.74) is 0. The van der Waals surface area contributed by atoms with Crippen LogP contribution in [0.25, 0.3) is 0 Å². The molecule has 0 fully saturated rings. The Morgan fingerprint density at radius 1 is 0.692 bits per heavy atom. The van der Waals surface area contributed by atoms with E-state index in [2.05, 4.69) is 36.9 Å². The average molecular weight is 402 g/mol. The Morgan fingerprint density at radius 3 is 1.35 bits per heavy atom. The molecule has 0 bridgehead atoms. The molecule has 0 aliphatic rings. The molecule has 160 valence electrons. The Labute approximate surface area is 163 Å². The molecule has 0 rings (SSSR count). The van der Waals surface area contributed by atoms with Gasteiger partial charge in [-0.2, -0.15) is 0 Å². The Morgan fingerprint density at radius 2 is 1.04 bits per heavy atom. The third kappa shape index (κ3) is 19.0.